The number of nitrogens with one attached hydrogen (secondary N) is 1. The third-order valence-corrected chi connectivity index (χ3v) is 1.48. The Kier molecular flexibility index (Phi) is 6.57. The maximum Gasteiger partial charge on any atom is 0.423 e. The summed E-state index contributed by atoms with van der Waals surface area (Å²) < 4.78 is 6.33. The third kappa shape index (κ3) is 6.04. The molecule has 0 amide bonds. The predicted octanol–water partition coefficient (Wildman–Crippen LogP) is -0.206. The highest BCUT2D eigenvalue weighted by molar-refractivity contribution is 5.24. The summed E-state index contributed by atoms with van der Waals surface area (Å²) in [7, 11) is 3.36. The van der Waals surface area contributed by atoms with Crippen LogP contribution in [0.25, 0.3) is 0 Å². The van der Waals surface area contributed by atoms with E-state index in [1.165, 1.54) is 4.58 Å². The van der Waals surface area contributed by atoms with Crippen LogP contribution in [0.15, 0.2) is 0 Å². The minimum Gasteiger partial charge on any atom is -0.370 e. The van der Waals surface area contributed by atoms with Crippen LogP contribution in [-0.4, -0.2) is 44.6 Å². The van der Waals surface area contributed by atoms with E-state index < -0.39 is 0 Å². The number of carbonyl (C=O) groups excluding carboxylic acids is 1. The van der Waals surface area contributed by atoms with E-state index in [0.717, 1.165) is 13.1 Å². The molecule has 0 saturated carbocycles. The molecule has 1 unspecified atom stereocenters. The Labute approximate surface area is 73.2 Å². The highest BCUT2D eigenvalue weighted by Gasteiger charge is 2.06. The molecule has 0 radical (unpaired) electrons. The van der Waals surface area contributed by atoms with Crippen molar-refractivity contribution in [3.63, 3.8) is 0 Å². The first-order valence-electron chi connectivity index (χ1n) is 3.99. The van der Waals surface area contributed by atoms with E-state index in [1.54, 1.807) is 14.2 Å². The summed E-state index contributed by atoms with van der Waals surface area (Å²) in [6, 6.07) is 0. The Morgan fingerprint density at radius 1 is 1.67 bits per heavy atom. The molecule has 1 N–H and O–H groups in total. The van der Waals surface area contributed by atoms with Crippen LogP contribution >= 0.6 is 0 Å². The van der Waals surface area contributed by atoms with Gasteiger partial charge in [0, 0.05) is 19.6 Å². The molecule has 0 aromatic heterocycles. The molecule has 0 rings (SSSR count). The third-order valence-electron chi connectivity index (χ3n) is 1.48. The first-order chi connectivity index (χ1) is 5.70. The van der Waals surface area contributed by atoms with Gasteiger partial charge >= 0.3 is 6.08 Å². The molecule has 0 aromatic carbocycles. The lowest BCUT2D eigenvalue weighted by Crippen LogP contribution is -2.28. The summed E-state index contributed by atoms with van der Waals surface area (Å²) in [6.45, 7) is 4.19. The van der Waals surface area contributed by atoms with Gasteiger partial charge in [0.2, 0.25) is 0 Å². The Bertz CT molecular complexity index is 164. The molecule has 0 heterocycles. The second-order valence-corrected chi connectivity index (χ2v) is 2.96. The fraction of sp³-hybridized carbons (Fsp3) is 0.875. The van der Waals surface area contributed by atoms with Gasteiger partial charge in [-0.25, -0.2) is 0 Å². The molecule has 0 aliphatic heterocycles. The summed E-state index contributed by atoms with van der Waals surface area (Å²) >= 11 is 0. The van der Waals surface area contributed by atoms with E-state index in [4.69, 9.17) is 4.74 Å². The molecule has 4 heteroatoms. The van der Waals surface area contributed by atoms with E-state index >= 15 is 0 Å². The quantitative estimate of drug-likeness (QED) is 0.199. The zero-order valence-electron chi connectivity index (χ0n) is 7.96. The maximum absolute atomic E-state index is 10.1. The largest absolute Gasteiger partial charge is 0.423 e. The molecule has 4 nitrogen and oxygen atoms in total. The van der Waals surface area contributed by atoms with Crippen LogP contribution in [0.5, 0.6) is 0 Å². The second-order valence-electron chi connectivity index (χ2n) is 2.96. The van der Waals surface area contributed by atoms with Crippen molar-refractivity contribution in [2.24, 2.45) is 5.92 Å². The molecule has 0 spiro atoms. The molecular formula is C8H17N2O2+. The molecule has 0 aromatic rings. The SMILES string of the molecule is COCNCC(C)C[N+](C)=C=O. The summed E-state index contributed by atoms with van der Waals surface area (Å²) in [5.41, 5.74) is 0. The molecule has 0 aliphatic rings. The number of nitrogens with zero attached hydrogens (tertiary/aromatic N) is 1. The van der Waals surface area contributed by atoms with Gasteiger partial charge in [-0.2, -0.15) is 9.37 Å². The number of methoxy groups -OCH3 is 1. The van der Waals surface area contributed by atoms with E-state index in [1.807, 2.05) is 6.08 Å². The van der Waals surface area contributed by atoms with Crippen LogP contribution in [0.3, 0.4) is 0 Å². The second kappa shape index (κ2) is 6.98. The summed E-state index contributed by atoms with van der Waals surface area (Å²) in [5, 5.41) is 3.09. The molecule has 0 bridgehead atoms. The van der Waals surface area contributed by atoms with Crippen LogP contribution in [-0.2, 0) is 9.53 Å². The molecule has 0 aliphatic carbocycles. The number of ether oxygens (including phenoxy) is 1. The van der Waals surface area contributed by atoms with Crippen LogP contribution in [0.4, 0.5) is 0 Å². The molecule has 12 heavy (non-hydrogen) atoms. The Hall–Kier alpha value is -0.700. The minimum absolute atomic E-state index is 0.423. The smallest absolute Gasteiger partial charge is 0.370 e. The van der Waals surface area contributed by atoms with E-state index in [9.17, 15) is 4.79 Å². The maximum atomic E-state index is 10.1. The molecular weight excluding hydrogens is 156 g/mol. The normalized spacial score (nSPS) is 12.2. The highest BCUT2D eigenvalue weighted by Crippen LogP contribution is 1.90. The van der Waals surface area contributed by atoms with Crippen molar-refractivity contribution in [1.82, 2.24) is 5.32 Å². The van der Waals surface area contributed by atoms with Crippen LogP contribution < -0.4 is 5.32 Å². The average molecular weight is 173 g/mol. The Morgan fingerprint density at radius 3 is 2.83 bits per heavy atom. The van der Waals surface area contributed by atoms with E-state index in [-0.39, 0.29) is 0 Å². The van der Waals surface area contributed by atoms with Crippen molar-refractivity contribution >= 4 is 6.08 Å². The highest BCUT2D eigenvalue weighted by atomic mass is 16.5. The van der Waals surface area contributed by atoms with Gasteiger partial charge in [0.05, 0.1) is 6.73 Å². The van der Waals surface area contributed by atoms with Gasteiger partial charge in [0.15, 0.2) is 6.54 Å². The average Bonchev–Trinajstić information content (AvgIpc) is 2.05. The lowest BCUT2D eigenvalue weighted by molar-refractivity contribution is -0.501. The van der Waals surface area contributed by atoms with Gasteiger partial charge in [-0.05, 0) is 0 Å². The van der Waals surface area contributed by atoms with Crippen molar-refractivity contribution in [2.75, 3.05) is 34.0 Å². The van der Waals surface area contributed by atoms with Crippen molar-refractivity contribution in [3.05, 3.63) is 0 Å². The molecule has 1 atom stereocenters. The number of hydrogen-bond donors (Lipinski definition) is 1. The Morgan fingerprint density at radius 2 is 2.33 bits per heavy atom. The fourth-order valence-electron chi connectivity index (χ4n) is 0.977. The summed E-state index contributed by atoms with van der Waals surface area (Å²) in [5.74, 6) is 0.423. The van der Waals surface area contributed by atoms with Gasteiger partial charge in [0.1, 0.15) is 7.05 Å². The Balaban J connectivity index is 3.46. The minimum atomic E-state index is 0.423. The van der Waals surface area contributed by atoms with Crippen molar-refractivity contribution < 1.29 is 14.1 Å². The standard InChI is InChI=1S/C8H17N2O2/c1-8(4-9-6-12-3)5-10(2)7-11/h8-9H,4-6H2,1-3H3/q+1. The predicted molar refractivity (Wildman–Crippen MR) is 45.8 cm³/mol. The molecule has 70 valence electrons. The monoisotopic (exact) mass is 173 g/mol. The summed E-state index contributed by atoms with van der Waals surface area (Å²) in [6.07, 6.45) is 1.81. The van der Waals surface area contributed by atoms with Crippen LogP contribution in [0, 0.1) is 5.92 Å². The summed E-state index contributed by atoms with van der Waals surface area (Å²) in [4.78, 5) is 10.1. The van der Waals surface area contributed by atoms with Gasteiger partial charge in [-0.1, -0.05) is 6.92 Å². The van der Waals surface area contributed by atoms with Gasteiger partial charge in [0.25, 0.3) is 0 Å². The zero-order valence-corrected chi connectivity index (χ0v) is 7.96. The topological polar surface area (TPSA) is 41.3 Å². The lowest BCUT2D eigenvalue weighted by Gasteiger charge is -2.07. The van der Waals surface area contributed by atoms with Gasteiger partial charge < -0.3 is 4.74 Å². The first-order valence-corrected chi connectivity index (χ1v) is 3.99. The van der Waals surface area contributed by atoms with Crippen molar-refractivity contribution in [2.45, 2.75) is 6.92 Å². The lowest BCUT2D eigenvalue weighted by atomic mass is 10.2. The van der Waals surface area contributed by atoms with Crippen LogP contribution in [0.1, 0.15) is 6.92 Å². The first kappa shape index (κ1) is 11.3. The van der Waals surface area contributed by atoms with Crippen molar-refractivity contribution in [3.8, 4) is 0 Å². The molecule has 0 fully saturated rings. The number of isocyanates is 1. The zero-order chi connectivity index (χ0) is 9.40. The fourth-order valence-corrected chi connectivity index (χ4v) is 0.977. The van der Waals surface area contributed by atoms with Crippen molar-refractivity contribution in [1.29, 1.82) is 0 Å². The van der Waals surface area contributed by atoms with E-state index in [0.29, 0.717) is 12.6 Å². The van der Waals surface area contributed by atoms with Gasteiger partial charge in [-0.3, -0.25) is 5.32 Å². The number of rotatable bonds is 6. The molecule has 0 saturated heterocycles. The van der Waals surface area contributed by atoms with E-state index in [2.05, 4.69) is 12.2 Å². The van der Waals surface area contributed by atoms with Gasteiger partial charge in [-0.15, -0.1) is 0 Å². The van der Waals surface area contributed by atoms with Crippen LogP contribution in [0.2, 0.25) is 0 Å². The number of hydrogen-bond acceptors (Lipinski definition) is 3.